The number of anilines is 1. The van der Waals surface area contributed by atoms with E-state index in [1.807, 2.05) is 18.2 Å². The molecule has 0 saturated carbocycles. The monoisotopic (exact) mass is 228 g/mol. The van der Waals surface area contributed by atoms with Gasteiger partial charge in [-0.05, 0) is 24.5 Å². The van der Waals surface area contributed by atoms with Gasteiger partial charge in [-0.25, -0.2) is 9.97 Å². The van der Waals surface area contributed by atoms with E-state index in [9.17, 15) is 0 Å². The molecule has 0 fully saturated rings. The molecule has 4 heteroatoms. The zero-order chi connectivity index (χ0) is 12.3. The predicted molar refractivity (Wildman–Crippen MR) is 68.2 cm³/mol. The van der Waals surface area contributed by atoms with Crippen molar-refractivity contribution >= 4 is 5.82 Å². The minimum Gasteiger partial charge on any atom is -0.384 e. The van der Waals surface area contributed by atoms with Crippen LogP contribution in [0.4, 0.5) is 5.82 Å². The highest BCUT2D eigenvalue weighted by Crippen LogP contribution is 2.16. The van der Waals surface area contributed by atoms with E-state index >= 15 is 0 Å². The van der Waals surface area contributed by atoms with Crippen molar-refractivity contribution in [2.75, 3.05) is 5.73 Å². The zero-order valence-corrected chi connectivity index (χ0v) is 10.1. The number of pyridine rings is 1. The normalized spacial score (nSPS) is 10.8. The number of hydrogen-bond donors (Lipinski definition) is 1. The molecular formula is C13H16N4. The molecule has 0 spiro atoms. The highest BCUT2D eigenvalue weighted by Gasteiger charge is 2.06. The van der Waals surface area contributed by atoms with Crippen LogP contribution >= 0.6 is 0 Å². The van der Waals surface area contributed by atoms with Gasteiger partial charge in [0, 0.05) is 29.7 Å². The smallest absolute Gasteiger partial charge is 0.163 e. The van der Waals surface area contributed by atoms with Crippen LogP contribution in [0.5, 0.6) is 0 Å². The highest BCUT2D eigenvalue weighted by atomic mass is 14.9. The average Bonchev–Trinajstić information content (AvgIpc) is 2.28. The van der Waals surface area contributed by atoms with E-state index in [-0.39, 0.29) is 0 Å². The lowest BCUT2D eigenvalue weighted by molar-refractivity contribution is 0.635. The summed E-state index contributed by atoms with van der Waals surface area (Å²) >= 11 is 0. The van der Waals surface area contributed by atoms with Crippen LogP contribution in [0.1, 0.15) is 19.5 Å². The highest BCUT2D eigenvalue weighted by molar-refractivity contribution is 5.55. The van der Waals surface area contributed by atoms with E-state index < -0.39 is 0 Å². The van der Waals surface area contributed by atoms with E-state index in [1.54, 1.807) is 12.4 Å². The van der Waals surface area contributed by atoms with Crippen LogP contribution in [0.25, 0.3) is 11.4 Å². The minimum atomic E-state index is 0.509. The SMILES string of the molecule is CC(C)Cc1cc(N)nc(-c2cccnc2)n1. The third-order valence-corrected chi connectivity index (χ3v) is 2.34. The van der Waals surface area contributed by atoms with Crippen LogP contribution in [0.3, 0.4) is 0 Å². The summed E-state index contributed by atoms with van der Waals surface area (Å²) in [7, 11) is 0. The minimum absolute atomic E-state index is 0.509. The molecule has 0 saturated heterocycles. The molecule has 2 heterocycles. The summed E-state index contributed by atoms with van der Waals surface area (Å²) in [5.41, 5.74) is 7.67. The summed E-state index contributed by atoms with van der Waals surface area (Å²) < 4.78 is 0. The Balaban J connectivity index is 2.38. The maximum Gasteiger partial charge on any atom is 0.163 e. The van der Waals surface area contributed by atoms with Crippen LogP contribution in [0, 0.1) is 5.92 Å². The third kappa shape index (κ3) is 3.00. The van der Waals surface area contributed by atoms with Gasteiger partial charge < -0.3 is 5.73 Å². The number of nitrogen functional groups attached to an aromatic ring is 1. The lowest BCUT2D eigenvalue weighted by Crippen LogP contribution is -2.03. The van der Waals surface area contributed by atoms with Crippen molar-refractivity contribution in [3.8, 4) is 11.4 Å². The maximum atomic E-state index is 5.80. The summed E-state index contributed by atoms with van der Waals surface area (Å²) in [5, 5.41) is 0. The standard InChI is InChI=1S/C13H16N4/c1-9(2)6-11-7-12(14)17-13(16-11)10-4-3-5-15-8-10/h3-5,7-9H,6H2,1-2H3,(H2,14,16,17). The van der Waals surface area contributed by atoms with Crippen molar-refractivity contribution in [2.24, 2.45) is 5.92 Å². The van der Waals surface area contributed by atoms with Gasteiger partial charge in [-0.2, -0.15) is 0 Å². The fourth-order valence-corrected chi connectivity index (χ4v) is 1.67. The van der Waals surface area contributed by atoms with Gasteiger partial charge in [0.2, 0.25) is 0 Å². The van der Waals surface area contributed by atoms with Crippen LogP contribution in [-0.4, -0.2) is 15.0 Å². The molecule has 0 atom stereocenters. The topological polar surface area (TPSA) is 64.7 Å². The molecular weight excluding hydrogens is 212 g/mol. The van der Waals surface area contributed by atoms with Crippen molar-refractivity contribution in [2.45, 2.75) is 20.3 Å². The van der Waals surface area contributed by atoms with Crippen LogP contribution in [-0.2, 0) is 6.42 Å². The summed E-state index contributed by atoms with van der Waals surface area (Å²) in [6.45, 7) is 4.31. The molecule has 0 aromatic carbocycles. The van der Waals surface area contributed by atoms with Crippen LogP contribution < -0.4 is 5.73 Å². The van der Waals surface area contributed by atoms with Crippen LogP contribution in [0.15, 0.2) is 30.6 Å². The van der Waals surface area contributed by atoms with Crippen molar-refractivity contribution in [1.29, 1.82) is 0 Å². The lowest BCUT2D eigenvalue weighted by Gasteiger charge is -2.07. The van der Waals surface area contributed by atoms with Gasteiger partial charge in [0.1, 0.15) is 5.82 Å². The number of rotatable bonds is 3. The van der Waals surface area contributed by atoms with Gasteiger partial charge in [-0.3, -0.25) is 4.98 Å². The van der Waals surface area contributed by atoms with Gasteiger partial charge in [0.15, 0.2) is 5.82 Å². The quantitative estimate of drug-likeness (QED) is 0.875. The van der Waals surface area contributed by atoms with Crippen molar-refractivity contribution in [3.05, 3.63) is 36.3 Å². The molecule has 0 bridgehead atoms. The number of hydrogen-bond acceptors (Lipinski definition) is 4. The van der Waals surface area contributed by atoms with E-state index in [0.29, 0.717) is 17.6 Å². The first-order chi connectivity index (χ1) is 8.15. The van der Waals surface area contributed by atoms with Crippen molar-refractivity contribution < 1.29 is 0 Å². The fraction of sp³-hybridized carbons (Fsp3) is 0.308. The average molecular weight is 228 g/mol. The Bertz CT molecular complexity index is 494. The van der Waals surface area contributed by atoms with Gasteiger partial charge in [-0.15, -0.1) is 0 Å². The molecule has 2 N–H and O–H groups in total. The second-order valence-corrected chi connectivity index (χ2v) is 4.45. The number of nitrogens with zero attached hydrogens (tertiary/aromatic N) is 3. The Hall–Kier alpha value is -1.97. The Morgan fingerprint density at radius 2 is 2.12 bits per heavy atom. The molecule has 0 aliphatic carbocycles. The van der Waals surface area contributed by atoms with Gasteiger partial charge >= 0.3 is 0 Å². The third-order valence-electron chi connectivity index (χ3n) is 2.34. The van der Waals surface area contributed by atoms with E-state index in [4.69, 9.17) is 5.73 Å². The molecule has 0 aliphatic rings. The summed E-state index contributed by atoms with van der Waals surface area (Å²) in [6, 6.07) is 5.63. The van der Waals surface area contributed by atoms with Gasteiger partial charge in [0.05, 0.1) is 0 Å². The van der Waals surface area contributed by atoms with Crippen molar-refractivity contribution in [1.82, 2.24) is 15.0 Å². The number of nitrogens with two attached hydrogens (primary N) is 1. The molecule has 2 aromatic rings. The first-order valence-corrected chi connectivity index (χ1v) is 5.69. The van der Waals surface area contributed by atoms with Gasteiger partial charge in [-0.1, -0.05) is 13.8 Å². The van der Waals surface area contributed by atoms with E-state index in [0.717, 1.165) is 17.7 Å². The maximum absolute atomic E-state index is 5.80. The number of aromatic nitrogens is 3. The zero-order valence-electron chi connectivity index (χ0n) is 10.1. The molecule has 0 radical (unpaired) electrons. The molecule has 0 aliphatic heterocycles. The molecule has 0 amide bonds. The largest absolute Gasteiger partial charge is 0.384 e. The molecule has 0 unspecified atom stereocenters. The summed E-state index contributed by atoms with van der Waals surface area (Å²) in [6.07, 6.45) is 4.37. The Morgan fingerprint density at radius 3 is 2.76 bits per heavy atom. The summed E-state index contributed by atoms with van der Waals surface area (Å²) in [4.78, 5) is 12.8. The second-order valence-electron chi connectivity index (χ2n) is 4.45. The van der Waals surface area contributed by atoms with E-state index in [1.165, 1.54) is 0 Å². The van der Waals surface area contributed by atoms with Gasteiger partial charge in [0.25, 0.3) is 0 Å². The Labute approximate surface area is 101 Å². The molecule has 17 heavy (non-hydrogen) atoms. The van der Waals surface area contributed by atoms with E-state index in [2.05, 4.69) is 28.8 Å². The molecule has 4 nitrogen and oxygen atoms in total. The molecule has 88 valence electrons. The Kier molecular flexibility index (Phi) is 3.32. The molecule has 2 rings (SSSR count). The fourth-order valence-electron chi connectivity index (χ4n) is 1.67. The first kappa shape index (κ1) is 11.5. The molecule has 2 aromatic heterocycles. The second kappa shape index (κ2) is 4.91. The Morgan fingerprint density at radius 1 is 1.29 bits per heavy atom. The predicted octanol–water partition coefficient (Wildman–Crippen LogP) is 2.32. The first-order valence-electron chi connectivity index (χ1n) is 5.69. The summed E-state index contributed by atoms with van der Waals surface area (Å²) in [5.74, 6) is 1.70. The van der Waals surface area contributed by atoms with Crippen molar-refractivity contribution in [3.63, 3.8) is 0 Å². The van der Waals surface area contributed by atoms with Crippen LogP contribution in [0.2, 0.25) is 0 Å². The lowest BCUT2D eigenvalue weighted by atomic mass is 10.1.